The fourth-order valence-corrected chi connectivity index (χ4v) is 2.28. The van der Waals surface area contributed by atoms with Gasteiger partial charge in [-0.1, -0.05) is 6.42 Å². The van der Waals surface area contributed by atoms with Gasteiger partial charge in [-0.05, 0) is 25.7 Å². The van der Waals surface area contributed by atoms with E-state index in [0.717, 1.165) is 0 Å². The molecular formula is C12H19F3N2O3. The SMILES string of the molecule is NC(=O)NCCCOC(=O)[C@@H]1CCC[C@H](C(F)(F)F)C1. The van der Waals surface area contributed by atoms with Crippen LogP contribution in [-0.2, 0) is 9.53 Å². The van der Waals surface area contributed by atoms with Crippen LogP contribution >= 0.6 is 0 Å². The molecule has 2 atom stereocenters. The van der Waals surface area contributed by atoms with Gasteiger partial charge >= 0.3 is 18.2 Å². The lowest BCUT2D eigenvalue weighted by molar-refractivity contribution is -0.189. The summed E-state index contributed by atoms with van der Waals surface area (Å²) in [5.74, 6) is -2.68. The number of primary amides is 1. The Morgan fingerprint density at radius 1 is 1.30 bits per heavy atom. The van der Waals surface area contributed by atoms with Crippen molar-refractivity contribution in [2.24, 2.45) is 17.6 Å². The zero-order chi connectivity index (χ0) is 15.2. The van der Waals surface area contributed by atoms with Gasteiger partial charge in [-0.25, -0.2) is 4.79 Å². The number of nitrogens with one attached hydrogen (secondary N) is 1. The van der Waals surface area contributed by atoms with Crippen molar-refractivity contribution in [1.82, 2.24) is 5.32 Å². The Morgan fingerprint density at radius 3 is 2.60 bits per heavy atom. The molecule has 20 heavy (non-hydrogen) atoms. The van der Waals surface area contributed by atoms with Crippen LogP contribution < -0.4 is 11.1 Å². The number of rotatable bonds is 5. The molecule has 0 bridgehead atoms. The Morgan fingerprint density at radius 2 is 2.00 bits per heavy atom. The van der Waals surface area contributed by atoms with E-state index in [-0.39, 0.29) is 26.0 Å². The number of esters is 1. The van der Waals surface area contributed by atoms with Crippen LogP contribution in [0.3, 0.4) is 0 Å². The maximum absolute atomic E-state index is 12.6. The van der Waals surface area contributed by atoms with Gasteiger partial charge in [0.1, 0.15) is 0 Å². The average molecular weight is 296 g/mol. The van der Waals surface area contributed by atoms with Crippen LogP contribution in [0.4, 0.5) is 18.0 Å². The Labute approximate surface area is 115 Å². The predicted molar refractivity (Wildman–Crippen MR) is 64.7 cm³/mol. The molecule has 0 heterocycles. The number of urea groups is 1. The normalized spacial score (nSPS) is 23.1. The van der Waals surface area contributed by atoms with Gasteiger partial charge in [0.05, 0.1) is 18.4 Å². The number of halogens is 3. The topological polar surface area (TPSA) is 81.4 Å². The van der Waals surface area contributed by atoms with Crippen molar-refractivity contribution in [2.75, 3.05) is 13.2 Å². The lowest BCUT2D eigenvalue weighted by Crippen LogP contribution is -2.33. The van der Waals surface area contributed by atoms with E-state index in [1.54, 1.807) is 0 Å². The van der Waals surface area contributed by atoms with Crippen molar-refractivity contribution < 1.29 is 27.5 Å². The summed E-state index contributed by atoms with van der Waals surface area (Å²) < 4.78 is 42.7. The zero-order valence-electron chi connectivity index (χ0n) is 11.0. The summed E-state index contributed by atoms with van der Waals surface area (Å²) in [5, 5.41) is 2.32. The highest BCUT2D eigenvalue weighted by atomic mass is 19.4. The molecule has 0 unspecified atom stereocenters. The third-order valence-corrected chi connectivity index (χ3v) is 3.34. The Hall–Kier alpha value is -1.47. The van der Waals surface area contributed by atoms with Crippen molar-refractivity contribution in [2.45, 2.75) is 38.3 Å². The molecule has 1 aliphatic rings. The highest BCUT2D eigenvalue weighted by molar-refractivity contribution is 5.72. The van der Waals surface area contributed by atoms with E-state index in [9.17, 15) is 22.8 Å². The number of hydrogen-bond donors (Lipinski definition) is 2. The second-order valence-electron chi connectivity index (χ2n) is 4.91. The maximum atomic E-state index is 12.6. The molecule has 8 heteroatoms. The summed E-state index contributed by atoms with van der Waals surface area (Å²) in [5.41, 5.74) is 4.84. The number of hydrogen-bond acceptors (Lipinski definition) is 3. The minimum atomic E-state index is -4.25. The second-order valence-corrected chi connectivity index (χ2v) is 4.91. The van der Waals surface area contributed by atoms with Crippen molar-refractivity contribution in [1.29, 1.82) is 0 Å². The van der Waals surface area contributed by atoms with E-state index in [0.29, 0.717) is 19.3 Å². The first-order chi connectivity index (χ1) is 9.30. The third kappa shape index (κ3) is 5.66. The Kier molecular flexibility index (Phi) is 6.09. The molecule has 0 saturated heterocycles. The first kappa shape index (κ1) is 16.6. The minimum Gasteiger partial charge on any atom is -0.465 e. The predicted octanol–water partition coefficient (Wildman–Crippen LogP) is 1.96. The number of alkyl halides is 3. The van der Waals surface area contributed by atoms with Crippen LogP contribution in [0, 0.1) is 11.8 Å². The maximum Gasteiger partial charge on any atom is 0.391 e. The summed E-state index contributed by atoms with van der Waals surface area (Å²) >= 11 is 0. The van der Waals surface area contributed by atoms with Crippen LogP contribution in [0.5, 0.6) is 0 Å². The molecule has 1 fully saturated rings. The molecule has 0 spiro atoms. The summed E-state index contributed by atoms with van der Waals surface area (Å²) in [6.45, 7) is 0.324. The molecule has 1 rings (SSSR count). The minimum absolute atomic E-state index is 0.0618. The molecule has 0 aromatic carbocycles. The highest BCUT2D eigenvalue weighted by Crippen LogP contribution is 2.40. The average Bonchev–Trinajstić information content (AvgIpc) is 2.37. The Balaban J connectivity index is 2.27. The van der Waals surface area contributed by atoms with Crippen LogP contribution in [0.25, 0.3) is 0 Å². The molecule has 2 amide bonds. The number of carbonyl (C=O) groups is 2. The van der Waals surface area contributed by atoms with E-state index in [1.165, 1.54) is 0 Å². The van der Waals surface area contributed by atoms with Gasteiger partial charge in [0.25, 0.3) is 0 Å². The van der Waals surface area contributed by atoms with Crippen molar-refractivity contribution in [3.05, 3.63) is 0 Å². The number of carbonyl (C=O) groups excluding carboxylic acids is 2. The van der Waals surface area contributed by atoms with Gasteiger partial charge in [-0.2, -0.15) is 13.2 Å². The first-order valence-corrected chi connectivity index (χ1v) is 6.57. The molecule has 5 nitrogen and oxygen atoms in total. The summed E-state index contributed by atoms with van der Waals surface area (Å²) in [7, 11) is 0. The van der Waals surface area contributed by atoms with Crippen molar-refractivity contribution >= 4 is 12.0 Å². The quantitative estimate of drug-likeness (QED) is 0.601. The van der Waals surface area contributed by atoms with E-state index in [1.807, 2.05) is 0 Å². The lowest BCUT2D eigenvalue weighted by atomic mass is 9.81. The van der Waals surface area contributed by atoms with E-state index in [2.05, 4.69) is 5.32 Å². The zero-order valence-corrected chi connectivity index (χ0v) is 11.0. The summed E-state index contributed by atoms with van der Waals surface area (Å²) in [4.78, 5) is 22.0. The van der Waals surface area contributed by atoms with Gasteiger partial charge in [0.15, 0.2) is 0 Å². The monoisotopic (exact) mass is 296 g/mol. The molecule has 3 N–H and O–H groups in total. The molecular weight excluding hydrogens is 277 g/mol. The van der Waals surface area contributed by atoms with Crippen molar-refractivity contribution in [3.63, 3.8) is 0 Å². The lowest BCUT2D eigenvalue weighted by Gasteiger charge is -2.29. The smallest absolute Gasteiger partial charge is 0.391 e. The van der Waals surface area contributed by atoms with Crippen molar-refractivity contribution in [3.8, 4) is 0 Å². The fourth-order valence-electron chi connectivity index (χ4n) is 2.28. The van der Waals surface area contributed by atoms with Crippen LogP contribution in [0.15, 0.2) is 0 Å². The molecule has 0 radical (unpaired) electrons. The fraction of sp³-hybridized carbons (Fsp3) is 0.833. The highest BCUT2D eigenvalue weighted by Gasteiger charge is 2.43. The van der Waals surface area contributed by atoms with Gasteiger partial charge in [0, 0.05) is 6.54 Å². The van der Waals surface area contributed by atoms with Gasteiger partial charge in [-0.3, -0.25) is 4.79 Å². The van der Waals surface area contributed by atoms with Gasteiger partial charge < -0.3 is 15.8 Å². The molecule has 1 saturated carbocycles. The largest absolute Gasteiger partial charge is 0.465 e. The van der Waals surface area contributed by atoms with Crippen LogP contribution in [0.1, 0.15) is 32.1 Å². The summed E-state index contributed by atoms with van der Waals surface area (Å²) in [6.07, 6.45) is -3.16. The van der Waals surface area contributed by atoms with E-state index >= 15 is 0 Å². The number of ether oxygens (including phenoxy) is 1. The van der Waals surface area contributed by atoms with Crippen LogP contribution in [0.2, 0.25) is 0 Å². The standard InChI is InChI=1S/C12H19F3N2O3/c13-12(14,15)9-4-1-3-8(7-9)10(18)20-6-2-5-17-11(16)19/h8-9H,1-7H2,(H3,16,17,19)/t8-,9+/m1/s1. The molecule has 0 aliphatic heterocycles. The molecule has 116 valence electrons. The molecule has 0 aromatic heterocycles. The van der Waals surface area contributed by atoms with Gasteiger partial charge in [0.2, 0.25) is 0 Å². The van der Waals surface area contributed by atoms with E-state index in [4.69, 9.17) is 10.5 Å². The number of nitrogens with two attached hydrogens (primary N) is 1. The van der Waals surface area contributed by atoms with Gasteiger partial charge in [-0.15, -0.1) is 0 Å². The van der Waals surface area contributed by atoms with Crippen LogP contribution in [-0.4, -0.2) is 31.3 Å². The molecule has 1 aliphatic carbocycles. The summed E-state index contributed by atoms with van der Waals surface area (Å²) in [6, 6.07) is -0.670. The molecule has 0 aromatic rings. The van der Waals surface area contributed by atoms with E-state index < -0.39 is 30.0 Å². The second kappa shape index (κ2) is 7.35. The first-order valence-electron chi connectivity index (χ1n) is 6.57. The Bertz CT molecular complexity index is 347. The number of amides is 2. The third-order valence-electron chi connectivity index (χ3n) is 3.34.